The van der Waals surface area contributed by atoms with Crippen LogP contribution in [0.4, 0.5) is 43.9 Å². The molecule has 1 aliphatic carbocycles. The highest BCUT2D eigenvalue weighted by atomic mass is 19.4. The summed E-state index contributed by atoms with van der Waals surface area (Å²) in [7, 11) is 0. The largest absolute Gasteiger partial charge is 0.462 e. The molecule has 0 N–H and O–H groups in total. The summed E-state index contributed by atoms with van der Waals surface area (Å²) in [5.74, 6) is -39.2. The number of hydrogen-bond donors (Lipinski definition) is 0. The van der Waals surface area contributed by atoms with Gasteiger partial charge in [0, 0.05) is 6.08 Å². The zero-order valence-corrected chi connectivity index (χ0v) is 10.2. The molecule has 0 bridgehead atoms. The Bertz CT molecular complexity index is 454. The molecule has 0 spiro atoms. The zero-order valence-electron chi connectivity index (χ0n) is 10.2. The Morgan fingerprint density at radius 3 is 1.55 bits per heavy atom. The van der Waals surface area contributed by atoms with E-state index in [0.29, 0.717) is 0 Å². The molecule has 0 aromatic heterocycles. The molecule has 0 aromatic rings. The molecular weight excluding hydrogens is 342 g/mol. The molecule has 0 heterocycles. The molecule has 128 valence electrons. The van der Waals surface area contributed by atoms with Crippen molar-refractivity contribution in [2.75, 3.05) is 6.61 Å². The van der Waals surface area contributed by atoms with Gasteiger partial charge in [-0.3, -0.25) is 0 Å². The number of esters is 1. The number of ether oxygens (including phenoxy) is 1. The summed E-state index contributed by atoms with van der Waals surface area (Å²) in [6, 6.07) is 0. The van der Waals surface area contributed by atoms with Gasteiger partial charge in [0.05, 0.1) is 0 Å². The number of carbonyl (C=O) groups excluding carboxylic acids is 1. The molecule has 1 aliphatic rings. The van der Waals surface area contributed by atoms with E-state index in [1.807, 2.05) is 0 Å². The lowest BCUT2D eigenvalue weighted by atomic mass is 9.75. The molecule has 0 aromatic carbocycles. The highest BCUT2D eigenvalue weighted by Gasteiger charge is 2.95. The van der Waals surface area contributed by atoms with Crippen LogP contribution in [0.1, 0.15) is 0 Å². The quantitative estimate of drug-likeness (QED) is 0.443. The number of hydrogen-bond acceptors (Lipinski definition) is 2. The van der Waals surface area contributed by atoms with E-state index in [1.54, 1.807) is 0 Å². The molecule has 1 rings (SSSR count). The van der Waals surface area contributed by atoms with E-state index in [-0.39, 0.29) is 6.08 Å². The average molecular weight is 348 g/mol. The minimum atomic E-state index is -7.02. The van der Waals surface area contributed by atoms with E-state index in [2.05, 4.69) is 11.3 Å². The summed E-state index contributed by atoms with van der Waals surface area (Å²) in [6.45, 7) is 0.370. The third-order valence-corrected chi connectivity index (χ3v) is 3.06. The molecule has 12 heteroatoms. The molecule has 0 atom stereocenters. The van der Waals surface area contributed by atoms with E-state index in [1.165, 1.54) is 0 Å². The van der Waals surface area contributed by atoms with Gasteiger partial charge in [-0.15, -0.1) is 0 Å². The van der Waals surface area contributed by atoms with Gasteiger partial charge in [0.25, 0.3) is 0 Å². The summed E-state index contributed by atoms with van der Waals surface area (Å²) >= 11 is 0. The third-order valence-electron chi connectivity index (χ3n) is 3.06. The van der Waals surface area contributed by atoms with E-state index >= 15 is 0 Å². The monoisotopic (exact) mass is 348 g/mol. The van der Waals surface area contributed by atoms with Gasteiger partial charge in [-0.2, -0.15) is 43.9 Å². The lowest BCUT2D eigenvalue weighted by molar-refractivity contribution is -0.465. The number of halogens is 10. The van der Waals surface area contributed by atoms with Gasteiger partial charge < -0.3 is 4.74 Å². The van der Waals surface area contributed by atoms with Crippen LogP contribution in [0.25, 0.3) is 0 Å². The molecule has 22 heavy (non-hydrogen) atoms. The van der Waals surface area contributed by atoms with Crippen LogP contribution in [0.15, 0.2) is 12.7 Å². The van der Waals surface area contributed by atoms with Crippen molar-refractivity contribution < 1.29 is 53.4 Å². The van der Waals surface area contributed by atoms with Crippen LogP contribution in [0.2, 0.25) is 0 Å². The summed E-state index contributed by atoms with van der Waals surface area (Å²) in [4.78, 5) is 10.6. The summed E-state index contributed by atoms with van der Waals surface area (Å²) in [5.41, 5.74) is 0. The van der Waals surface area contributed by atoms with Crippen molar-refractivity contribution >= 4 is 5.97 Å². The van der Waals surface area contributed by atoms with Crippen molar-refractivity contribution in [2.24, 2.45) is 5.92 Å². The number of alkyl halides is 10. The fourth-order valence-corrected chi connectivity index (χ4v) is 1.71. The Balaban J connectivity index is 3.42. The second-order valence-electron chi connectivity index (χ2n) is 4.36. The maximum absolute atomic E-state index is 13.3. The topological polar surface area (TPSA) is 26.3 Å². The van der Waals surface area contributed by atoms with Crippen molar-refractivity contribution in [1.82, 2.24) is 0 Å². The van der Waals surface area contributed by atoms with Crippen LogP contribution in [-0.2, 0) is 9.53 Å². The first-order chi connectivity index (χ1) is 9.59. The normalized spacial score (nSPS) is 27.9. The average Bonchev–Trinajstić information content (AvgIpc) is 2.35. The van der Waals surface area contributed by atoms with Crippen molar-refractivity contribution in [3.8, 4) is 0 Å². The SMILES string of the molecule is C=CC(=O)OCC1C(F)(F)C(F)(F)C(F)(F)C(F)(F)C1(F)F. The van der Waals surface area contributed by atoms with Gasteiger partial charge in [-0.1, -0.05) is 6.58 Å². The minimum Gasteiger partial charge on any atom is -0.462 e. The molecule has 0 radical (unpaired) electrons. The molecule has 0 aliphatic heterocycles. The fourth-order valence-electron chi connectivity index (χ4n) is 1.71. The molecule has 0 unspecified atom stereocenters. The number of rotatable bonds is 3. The van der Waals surface area contributed by atoms with Crippen molar-refractivity contribution in [3.63, 3.8) is 0 Å². The molecule has 0 saturated heterocycles. The Kier molecular flexibility index (Phi) is 4.01. The van der Waals surface area contributed by atoms with Gasteiger partial charge in [0.15, 0.2) is 0 Å². The molecular formula is C10H6F10O2. The van der Waals surface area contributed by atoms with Gasteiger partial charge in [-0.25, -0.2) is 4.79 Å². The summed E-state index contributed by atoms with van der Waals surface area (Å²) < 4.78 is 134. The van der Waals surface area contributed by atoms with Gasteiger partial charge in [0.2, 0.25) is 0 Å². The number of carbonyl (C=O) groups is 1. The Morgan fingerprint density at radius 2 is 1.23 bits per heavy atom. The highest BCUT2D eigenvalue weighted by molar-refractivity contribution is 5.81. The molecule has 1 saturated carbocycles. The van der Waals surface area contributed by atoms with Crippen LogP contribution in [0.3, 0.4) is 0 Å². The Hall–Kier alpha value is -1.49. The third kappa shape index (κ3) is 1.98. The van der Waals surface area contributed by atoms with Crippen molar-refractivity contribution in [3.05, 3.63) is 12.7 Å². The van der Waals surface area contributed by atoms with Crippen LogP contribution < -0.4 is 0 Å². The molecule has 1 fully saturated rings. The predicted octanol–water partition coefficient (Wildman–Crippen LogP) is 3.52. The fraction of sp³-hybridized carbons (Fsp3) is 0.700. The van der Waals surface area contributed by atoms with Crippen molar-refractivity contribution in [1.29, 1.82) is 0 Å². The predicted molar refractivity (Wildman–Crippen MR) is 49.4 cm³/mol. The van der Waals surface area contributed by atoms with Crippen LogP contribution >= 0.6 is 0 Å². The van der Waals surface area contributed by atoms with Gasteiger partial charge in [0.1, 0.15) is 12.5 Å². The molecule has 2 nitrogen and oxygen atoms in total. The second kappa shape index (κ2) is 4.75. The van der Waals surface area contributed by atoms with Crippen molar-refractivity contribution in [2.45, 2.75) is 29.6 Å². The first kappa shape index (κ1) is 18.6. The van der Waals surface area contributed by atoms with Crippen LogP contribution in [-0.4, -0.2) is 42.2 Å². The smallest absolute Gasteiger partial charge is 0.384 e. The maximum Gasteiger partial charge on any atom is 0.384 e. The summed E-state index contributed by atoms with van der Waals surface area (Å²) in [5, 5.41) is 0. The lowest BCUT2D eigenvalue weighted by Gasteiger charge is -2.49. The second-order valence-corrected chi connectivity index (χ2v) is 4.36. The first-order valence-electron chi connectivity index (χ1n) is 5.27. The van der Waals surface area contributed by atoms with Crippen LogP contribution in [0, 0.1) is 5.92 Å². The van der Waals surface area contributed by atoms with Crippen LogP contribution in [0.5, 0.6) is 0 Å². The highest BCUT2D eigenvalue weighted by Crippen LogP contribution is 2.66. The summed E-state index contributed by atoms with van der Waals surface area (Å²) in [6.07, 6.45) is 0.240. The lowest BCUT2D eigenvalue weighted by Crippen LogP contribution is -2.78. The standard InChI is InChI=1S/C10H6F10O2/c1-2-5(21)22-3-4-6(11,12)8(15,16)10(19,20)9(17,18)7(4,13)14/h2,4H,1,3H2. The zero-order chi connectivity index (χ0) is 17.8. The van der Waals surface area contributed by atoms with Gasteiger partial charge in [-0.05, 0) is 0 Å². The molecule has 0 amide bonds. The van der Waals surface area contributed by atoms with Gasteiger partial charge >= 0.3 is 35.6 Å². The maximum atomic E-state index is 13.3. The Morgan fingerprint density at radius 1 is 0.864 bits per heavy atom. The first-order valence-corrected chi connectivity index (χ1v) is 5.27. The van der Waals surface area contributed by atoms with E-state index in [9.17, 15) is 48.7 Å². The van der Waals surface area contributed by atoms with E-state index in [0.717, 1.165) is 0 Å². The van der Waals surface area contributed by atoms with E-state index < -0.39 is 48.1 Å². The minimum absolute atomic E-state index is 0.240. The van der Waals surface area contributed by atoms with E-state index in [4.69, 9.17) is 0 Å². The Labute approximate surface area is 115 Å².